The van der Waals surface area contributed by atoms with Crippen LogP contribution in [0.4, 0.5) is 8.78 Å². The number of likely N-dealkylation sites (tertiary alicyclic amines) is 1. The van der Waals surface area contributed by atoms with Crippen molar-refractivity contribution in [2.45, 2.75) is 43.6 Å². The van der Waals surface area contributed by atoms with Gasteiger partial charge in [0.05, 0.1) is 12.9 Å². The predicted molar refractivity (Wildman–Crippen MR) is 96.7 cm³/mol. The van der Waals surface area contributed by atoms with E-state index in [1.54, 1.807) is 30.3 Å². The molecule has 1 heterocycles. The molecule has 2 fully saturated rings. The molecule has 0 amide bonds. The number of esters is 1. The monoisotopic (exact) mass is 380 g/mol. The molecular weight excluding hydrogens is 354 g/mol. The van der Waals surface area contributed by atoms with E-state index in [-0.39, 0.29) is 19.4 Å². The highest BCUT2D eigenvalue weighted by Gasteiger charge is 2.54. The summed E-state index contributed by atoms with van der Waals surface area (Å²) in [5.41, 5.74) is -1.76. The highest BCUT2D eigenvalue weighted by molar-refractivity contribution is 5.81. The summed E-state index contributed by atoms with van der Waals surface area (Å²) in [4.78, 5) is 14.7. The summed E-state index contributed by atoms with van der Waals surface area (Å²) >= 11 is 0. The first kappa shape index (κ1) is 19.7. The summed E-state index contributed by atoms with van der Waals surface area (Å²) in [7, 11) is 0. The van der Waals surface area contributed by atoms with E-state index in [1.807, 2.05) is 4.90 Å². The van der Waals surface area contributed by atoms with E-state index in [0.29, 0.717) is 17.9 Å². The molecule has 1 aromatic carbocycles. The molecule has 3 rings (SSSR count). The highest BCUT2D eigenvalue weighted by Crippen LogP contribution is 2.47. The van der Waals surface area contributed by atoms with E-state index in [1.165, 1.54) is 6.34 Å². The number of ether oxygens (including phenoxy) is 1. The van der Waals surface area contributed by atoms with Crippen LogP contribution in [0.1, 0.15) is 37.7 Å². The average molecular weight is 380 g/mol. The lowest BCUT2D eigenvalue weighted by atomic mass is 9.80. The molecule has 5 nitrogen and oxygen atoms in total. The molecule has 1 saturated heterocycles. The molecule has 1 aliphatic carbocycles. The van der Waals surface area contributed by atoms with Gasteiger partial charge in [0.1, 0.15) is 0 Å². The standard InChI is InChI=1S/C20H26F2N2O3/c21-19(22)9-6-17(12-19)20(26,16-4-2-1-3-5-16)18(25)27-11-8-15-7-10-24(13-15)14-23/h1-5,14-15,17,23,26H,6-13H2/t15-,17+,20-/m0/s1. The Balaban J connectivity index is 1.67. The number of hydrogen-bond donors (Lipinski definition) is 2. The number of alkyl halides is 2. The van der Waals surface area contributed by atoms with Gasteiger partial charge in [0.15, 0.2) is 5.60 Å². The number of benzene rings is 1. The zero-order chi connectivity index (χ0) is 19.5. The first-order valence-corrected chi connectivity index (χ1v) is 9.43. The van der Waals surface area contributed by atoms with Crippen LogP contribution < -0.4 is 0 Å². The third-order valence-corrected chi connectivity index (χ3v) is 5.78. The first-order chi connectivity index (χ1) is 12.8. The molecule has 0 unspecified atom stereocenters. The van der Waals surface area contributed by atoms with Crippen molar-refractivity contribution < 1.29 is 23.4 Å². The zero-order valence-corrected chi connectivity index (χ0v) is 15.2. The number of aliphatic hydroxyl groups is 1. The Labute approximate surface area is 157 Å². The first-order valence-electron chi connectivity index (χ1n) is 9.43. The Morgan fingerprint density at radius 1 is 1.37 bits per heavy atom. The quantitative estimate of drug-likeness (QED) is 0.433. The van der Waals surface area contributed by atoms with E-state index >= 15 is 0 Å². The topological polar surface area (TPSA) is 73.6 Å². The van der Waals surface area contributed by atoms with Gasteiger partial charge in [-0.1, -0.05) is 30.3 Å². The maximum absolute atomic E-state index is 13.7. The van der Waals surface area contributed by atoms with Gasteiger partial charge >= 0.3 is 5.97 Å². The fraction of sp³-hybridized carbons (Fsp3) is 0.600. The molecule has 0 radical (unpaired) electrons. The Bertz CT molecular complexity index is 670. The van der Waals surface area contributed by atoms with Crippen LogP contribution in [-0.2, 0) is 15.1 Å². The number of halogens is 2. The maximum Gasteiger partial charge on any atom is 0.343 e. The second-order valence-corrected chi connectivity index (χ2v) is 7.63. The van der Waals surface area contributed by atoms with Crippen LogP contribution in [0, 0.1) is 17.2 Å². The van der Waals surface area contributed by atoms with Crippen molar-refractivity contribution in [2.24, 2.45) is 11.8 Å². The van der Waals surface area contributed by atoms with Crippen LogP contribution >= 0.6 is 0 Å². The van der Waals surface area contributed by atoms with Gasteiger partial charge in [-0.2, -0.15) is 0 Å². The van der Waals surface area contributed by atoms with Crippen LogP contribution in [0.2, 0.25) is 0 Å². The molecule has 1 saturated carbocycles. The number of nitrogens with zero attached hydrogens (tertiary/aromatic N) is 1. The van der Waals surface area contributed by atoms with Gasteiger partial charge in [0.2, 0.25) is 5.92 Å². The summed E-state index contributed by atoms with van der Waals surface area (Å²) in [5.74, 6) is -4.27. The largest absolute Gasteiger partial charge is 0.463 e. The molecule has 1 aliphatic heterocycles. The molecule has 0 spiro atoms. The minimum atomic E-state index is -2.87. The van der Waals surface area contributed by atoms with Crippen molar-refractivity contribution in [1.29, 1.82) is 5.41 Å². The Kier molecular flexibility index (Phi) is 5.79. The van der Waals surface area contributed by atoms with Gasteiger partial charge in [-0.15, -0.1) is 0 Å². The van der Waals surface area contributed by atoms with Gasteiger partial charge in [0, 0.05) is 31.8 Å². The number of hydrogen-bond acceptors (Lipinski definition) is 4. The van der Waals surface area contributed by atoms with Gasteiger partial charge < -0.3 is 14.7 Å². The fourth-order valence-corrected chi connectivity index (χ4v) is 4.16. The SMILES string of the molecule is N=CN1CC[C@@H](CCOC(=O)[C@](O)(c2ccccc2)[C@@H]2CCC(F)(F)C2)C1. The zero-order valence-electron chi connectivity index (χ0n) is 15.2. The summed E-state index contributed by atoms with van der Waals surface area (Å²) in [6.45, 7) is 1.69. The molecule has 0 aromatic heterocycles. The van der Waals surface area contributed by atoms with Gasteiger partial charge in [0.25, 0.3) is 0 Å². The molecule has 1 aromatic rings. The number of carbonyl (C=O) groups excluding carboxylic acids is 1. The van der Waals surface area contributed by atoms with E-state index in [0.717, 1.165) is 19.5 Å². The van der Waals surface area contributed by atoms with Crippen molar-refractivity contribution in [3.8, 4) is 0 Å². The molecule has 2 N–H and O–H groups in total. The molecule has 7 heteroatoms. The second kappa shape index (κ2) is 7.92. The van der Waals surface area contributed by atoms with Crippen LogP contribution in [0.3, 0.4) is 0 Å². The summed E-state index contributed by atoms with van der Waals surface area (Å²) in [6.07, 6.45) is 2.07. The minimum absolute atomic E-state index is 0.0738. The van der Waals surface area contributed by atoms with Gasteiger partial charge in [-0.3, -0.25) is 5.41 Å². The molecule has 148 valence electrons. The van der Waals surface area contributed by atoms with Gasteiger partial charge in [-0.05, 0) is 30.7 Å². The van der Waals surface area contributed by atoms with Crippen molar-refractivity contribution in [3.63, 3.8) is 0 Å². The summed E-state index contributed by atoms with van der Waals surface area (Å²) in [6, 6.07) is 8.25. The third kappa shape index (κ3) is 4.29. The van der Waals surface area contributed by atoms with Crippen molar-refractivity contribution in [1.82, 2.24) is 4.90 Å². The Morgan fingerprint density at radius 3 is 2.70 bits per heavy atom. The lowest BCUT2D eigenvalue weighted by Crippen LogP contribution is -2.44. The van der Waals surface area contributed by atoms with Gasteiger partial charge in [-0.25, -0.2) is 13.6 Å². The highest BCUT2D eigenvalue weighted by atomic mass is 19.3. The van der Waals surface area contributed by atoms with Crippen LogP contribution in [0.5, 0.6) is 0 Å². The third-order valence-electron chi connectivity index (χ3n) is 5.78. The lowest BCUT2D eigenvalue weighted by Gasteiger charge is -2.32. The molecule has 3 atom stereocenters. The number of carbonyl (C=O) groups is 1. The normalized spacial score (nSPS) is 26.6. The molecule has 0 bridgehead atoms. The fourth-order valence-electron chi connectivity index (χ4n) is 4.16. The van der Waals surface area contributed by atoms with E-state index < -0.39 is 29.8 Å². The average Bonchev–Trinajstić information content (AvgIpc) is 3.27. The molecule has 2 aliphatic rings. The van der Waals surface area contributed by atoms with Crippen molar-refractivity contribution in [2.75, 3.05) is 19.7 Å². The number of rotatable bonds is 7. The maximum atomic E-state index is 13.7. The van der Waals surface area contributed by atoms with Crippen molar-refractivity contribution in [3.05, 3.63) is 35.9 Å². The van der Waals surface area contributed by atoms with E-state index in [9.17, 15) is 18.7 Å². The lowest BCUT2D eigenvalue weighted by molar-refractivity contribution is -0.175. The minimum Gasteiger partial charge on any atom is -0.463 e. The summed E-state index contributed by atoms with van der Waals surface area (Å²) < 4.78 is 32.9. The summed E-state index contributed by atoms with van der Waals surface area (Å²) in [5, 5.41) is 18.5. The van der Waals surface area contributed by atoms with E-state index in [2.05, 4.69) is 0 Å². The Morgan fingerprint density at radius 2 is 2.11 bits per heavy atom. The van der Waals surface area contributed by atoms with Crippen LogP contribution in [0.25, 0.3) is 0 Å². The molecule has 27 heavy (non-hydrogen) atoms. The Hall–Kier alpha value is -2.02. The second-order valence-electron chi connectivity index (χ2n) is 7.63. The van der Waals surface area contributed by atoms with Crippen molar-refractivity contribution >= 4 is 12.3 Å². The smallest absolute Gasteiger partial charge is 0.343 e. The molecular formula is C20H26F2N2O3. The van der Waals surface area contributed by atoms with E-state index in [4.69, 9.17) is 10.1 Å². The van der Waals surface area contributed by atoms with Crippen LogP contribution in [0.15, 0.2) is 30.3 Å². The number of nitrogens with one attached hydrogen (secondary N) is 1. The van der Waals surface area contributed by atoms with Crippen LogP contribution in [-0.4, -0.2) is 47.9 Å². The predicted octanol–water partition coefficient (Wildman–Crippen LogP) is 3.17.